The molecule has 2 nitrogen and oxygen atoms in total. The fourth-order valence-corrected chi connectivity index (χ4v) is 3.04. The van der Waals surface area contributed by atoms with E-state index in [1.807, 2.05) is 0 Å². The van der Waals surface area contributed by atoms with Crippen molar-refractivity contribution in [1.82, 2.24) is 10.2 Å². The topological polar surface area (TPSA) is 15.3 Å². The highest BCUT2D eigenvalue weighted by molar-refractivity contribution is 4.77. The number of nitrogens with zero attached hydrogens (tertiary/aromatic N) is 1. The van der Waals surface area contributed by atoms with Gasteiger partial charge in [-0.1, -0.05) is 20.8 Å². The lowest BCUT2D eigenvalue weighted by atomic mass is 10.0. The van der Waals surface area contributed by atoms with Gasteiger partial charge in [-0.25, -0.2) is 0 Å². The number of nitrogens with one attached hydrogen (secondary N) is 1. The average Bonchev–Trinajstić information content (AvgIpc) is 2.43. The van der Waals surface area contributed by atoms with Gasteiger partial charge in [0.2, 0.25) is 0 Å². The van der Waals surface area contributed by atoms with E-state index in [9.17, 15) is 0 Å². The van der Waals surface area contributed by atoms with Gasteiger partial charge < -0.3 is 10.2 Å². The average molecular weight is 240 g/mol. The van der Waals surface area contributed by atoms with Gasteiger partial charge in [-0.3, -0.25) is 0 Å². The highest BCUT2D eigenvalue weighted by Gasteiger charge is 2.18. The molecule has 1 saturated heterocycles. The predicted octanol–water partition coefficient (Wildman–Crippen LogP) is 3.28. The molecule has 1 rings (SSSR count). The van der Waals surface area contributed by atoms with E-state index in [1.165, 1.54) is 51.7 Å². The SMILES string of the molecule is CCCN1CCCC(NC(C)CC(C)C)CC1. The van der Waals surface area contributed by atoms with Gasteiger partial charge in [0.1, 0.15) is 0 Å². The Morgan fingerprint density at radius 2 is 1.94 bits per heavy atom. The second kappa shape index (κ2) is 8.10. The number of rotatable bonds is 6. The molecular formula is C15H32N2. The molecule has 1 N–H and O–H groups in total. The zero-order chi connectivity index (χ0) is 12.7. The van der Waals surface area contributed by atoms with Gasteiger partial charge in [-0.05, 0) is 64.6 Å². The van der Waals surface area contributed by atoms with Gasteiger partial charge >= 0.3 is 0 Å². The Kier molecular flexibility index (Phi) is 7.14. The van der Waals surface area contributed by atoms with Crippen molar-refractivity contribution >= 4 is 0 Å². The molecule has 0 amide bonds. The van der Waals surface area contributed by atoms with Gasteiger partial charge in [0.15, 0.2) is 0 Å². The quantitative estimate of drug-likeness (QED) is 0.766. The van der Waals surface area contributed by atoms with Crippen LogP contribution in [0.3, 0.4) is 0 Å². The molecule has 1 aliphatic heterocycles. The minimum Gasteiger partial charge on any atom is -0.311 e. The summed E-state index contributed by atoms with van der Waals surface area (Å²) in [6.45, 7) is 13.1. The largest absolute Gasteiger partial charge is 0.311 e. The summed E-state index contributed by atoms with van der Waals surface area (Å²) in [6.07, 6.45) is 6.66. The van der Waals surface area contributed by atoms with E-state index in [-0.39, 0.29) is 0 Å². The van der Waals surface area contributed by atoms with E-state index in [2.05, 4.69) is 37.9 Å². The van der Waals surface area contributed by atoms with Crippen molar-refractivity contribution in [3.63, 3.8) is 0 Å². The second-order valence-corrected chi connectivity index (χ2v) is 6.17. The molecule has 1 aliphatic rings. The van der Waals surface area contributed by atoms with Crippen LogP contribution in [0.25, 0.3) is 0 Å². The lowest BCUT2D eigenvalue weighted by molar-refractivity contribution is 0.280. The first-order chi connectivity index (χ1) is 8.11. The lowest BCUT2D eigenvalue weighted by Gasteiger charge is -2.23. The third kappa shape index (κ3) is 6.42. The summed E-state index contributed by atoms with van der Waals surface area (Å²) < 4.78 is 0. The van der Waals surface area contributed by atoms with Crippen molar-refractivity contribution in [2.45, 2.75) is 71.9 Å². The van der Waals surface area contributed by atoms with Crippen LogP contribution in [-0.4, -0.2) is 36.6 Å². The van der Waals surface area contributed by atoms with Crippen molar-refractivity contribution in [3.05, 3.63) is 0 Å². The minimum absolute atomic E-state index is 0.678. The van der Waals surface area contributed by atoms with Crippen LogP contribution in [0.1, 0.15) is 59.8 Å². The fourth-order valence-electron chi connectivity index (χ4n) is 3.04. The third-order valence-corrected chi connectivity index (χ3v) is 3.71. The summed E-state index contributed by atoms with van der Waals surface area (Å²) in [5, 5.41) is 3.83. The molecule has 2 atom stereocenters. The van der Waals surface area contributed by atoms with Gasteiger partial charge in [0, 0.05) is 12.1 Å². The predicted molar refractivity (Wildman–Crippen MR) is 76.4 cm³/mol. The Labute approximate surface area is 108 Å². The van der Waals surface area contributed by atoms with Crippen LogP contribution in [0.5, 0.6) is 0 Å². The molecule has 0 aromatic heterocycles. The molecule has 0 radical (unpaired) electrons. The molecule has 2 heteroatoms. The molecule has 0 spiro atoms. The summed E-state index contributed by atoms with van der Waals surface area (Å²) in [4.78, 5) is 2.63. The van der Waals surface area contributed by atoms with E-state index in [1.54, 1.807) is 0 Å². The molecule has 0 aromatic carbocycles. The van der Waals surface area contributed by atoms with Crippen LogP contribution in [0, 0.1) is 5.92 Å². The molecule has 102 valence electrons. The summed E-state index contributed by atoms with van der Waals surface area (Å²) in [5.41, 5.74) is 0. The van der Waals surface area contributed by atoms with Crippen molar-refractivity contribution in [2.75, 3.05) is 19.6 Å². The monoisotopic (exact) mass is 240 g/mol. The number of hydrogen-bond donors (Lipinski definition) is 1. The molecule has 17 heavy (non-hydrogen) atoms. The molecule has 1 heterocycles. The van der Waals surface area contributed by atoms with Crippen molar-refractivity contribution in [1.29, 1.82) is 0 Å². The van der Waals surface area contributed by atoms with Crippen LogP contribution in [-0.2, 0) is 0 Å². The van der Waals surface area contributed by atoms with Gasteiger partial charge in [0.25, 0.3) is 0 Å². The first-order valence-electron chi connectivity index (χ1n) is 7.60. The highest BCUT2D eigenvalue weighted by atomic mass is 15.1. The second-order valence-electron chi connectivity index (χ2n) is 6.17. The molecular weight excluding hydrogens is 208 g/mol. The minimum atomic E-state index is 0.678. The number of likely N-dealkylation sites (tertiary alicyclic amines) is 1. The Morgan fingerprint density at radius 1 is 1.18 bits per heavy atom. The first-order valence-corrected chi connectivity index (χ1v) is 7.60. The summed E-state index contributed by atoms with van der Waals surface area (Å²) in [5.74, 6) is 0.805. The molecule has 2 unspecified atom stereocenters. The van der Waals surface area contributed by atoms with Gasteiger partial charge in [0.05, 0.1) is 0 Å². The van der Waals surface area contributed by atoms with E-state index in [0.29, 0.717) is 6.04 Å². The Bertz CT molecular complexity index is 191. The Balaban J connectivity index is 2.26. The van der Waals surface area contributed by atoms with Gasteiger partial charge in [-0.2, -0.15) is 0 Å². The molecule has 0 saturated carbocycles. The van der Waals surface area contributed by atoms with Crippen LogP contribution in [0.4, 0.5) is 0 Å². The van der Waals surface area contributed by atoms with Crippen molar-refractivity contribution in [3.8, 4) is 0 Å². The fraction of sp³-hybridized carbons (Fsp3) is 1.00. The van der Waals surface area contributed by atoms with Crippen molar-refractivity contribution < 1.29 is 0 Å². The molecule has 0 aromatic rings. The number of hydrogen-bond acceptors (Lipinski definition) is 2. The van der Waals surface area contributed by atoms with Crippen molar-refractivity contribution in [2.24, 2.45) is 5.92 Å². The maximum Gasteiger partial charge on any atom is 0.00821 e. The highest BCUT2D eigenvalue weighted by Crippen LogP contribution is 2.13. The Morgan fingerprint density at radius 3 is 2.59 bits per heavy atom. The normalized spacial score (nSPS) is 24.9. The first kappa shape index (κ1) is 15.0. The van der Waals surface area contributed by atoms with E-state index in [0.717, 1.165) is 12.0 Å². The Hall–Kier alpha value is -0.0800. The van der Waals surface area contributed by atoms with E-state index in [4.69, 9.17) is 0 Å². The zero-order valence-electron chi connectivity index (χ0n) is 12.3. The summed E-state index contributed by atoms with van der Waals surface area (Å²) in [7, 11) is 0. The van der Waals surface area contributed by atoms with Crippen LogP contribution < -0.4 is 5.32 Å². The van der Waals surface area contributed by atoms with E-state index < -0.39 is 0 Å². The molecule has 0 bridgehead atoms. The lowest BCUT2D eigenvalue weighted by Crippen LogP contribution is -2.38. The van der Waals surface area contributed by atoms with Crippen LogP contribution >= 0.6 is 0 Å². The van der Waals surface area contributed by atoms with Crippen LogP contribution in [0.2, 0.25) is 0 Å². The van der Waals surface area contributed by atoms with Crippen LogP contribution in [0.15, 0.2) is 0 Å². The van der Waals surface area contributed by atoms with Gasteiger partial charge in [-0.15, -0.1) is 0 Å². The maximum absolute atomic E-state index is 3.83. The summed E-state index contributed by atoms with van der Waals surface area (Å²) in [6, 6.07) is 1.43. The smallest absolute Gasteiger partial charge is 0.00821 e. The molecule has 1 fully saturated rings. The third-order valence-electron chi connectivity index (χ3n) is 3.71. The summed E-state index contributed by atoms with van der Waals surface area (Å²) >= 11 is 0. The van der Waals surface area contributed by atoms with E-state index >= 15 is 0 Å². The zero-order valence-corrected chi connectivity index (χ0v) is 12.3. The maximum atomic E-state index is 3.83. The standard InChI is InChI=1S/C15H32N2/c1-5-9-17-10-6-7-15(8-11-17)16-14(4)12-13(2)3/h13-16H,5-12H2,1-4H3. The molecule has 0 aliphatic carbocycles.